The van der Waals surface area contributed by atoms with Gasteiger partial charge in [0.05, 0.1) is 75.1 Å². The van der Waals surface area contributed by atoms with Gasteiger partial charge in [-0.25, -0.2) is 0 Å². The molecule has 12 nitrogen and oxygen atoms in total. The summed E-state index contributed by atoms with van der Waals surface area (Å²) in [5.41, 5.74) is 3.34. The summed E-state index contributed by atoms with van der Waals surface area (Å²) >= 11 is 0. The number of methoxy groups -OCH3 is 6. The molecule has 0 bridgehead atoms. The molecule has 3 spiro atoms. The number of hydrogen-bond donors (Lipinski definition) is 0. The van der Waals surface area contributed by atoms with Crippen LogP contribution in [0.1, 0.15) is 86.0 Å². The molecule has 4 aromatic rings. The predicted molar refractivity (Wildman–Crippen MR) is 230 cm³/mol. The van der Waals surface area contributed by atoms with Gasteiger partial charge in [-0.2, -0.15) is 0 Å². The van der Waals surface area contributed by atoms with Crippen molar-refractivity contribution in [2.24, 2.45) is 32.5 Å². The standard InChI is InChI=1S/C54H30O12/c1-61-40(55)52(41(56)62-2)46-10-16-7-18-12-47-14-20-9-21-15-48-13-19-8-17(11-46)23-25(19)37-31-29-28-30-32-33(31)39(51(37,48)54(48,44(59)65-5)45(60)66-6)27(21)26(20)38(32)50(47,53(47,42(57)63-3)43(58)64-4)36(30)24(18)22(16)34(28)49(46,52)35(23)29/h10-15H,7-9H2,1-6H3. The molecular weight excluding hydrogens is 841 g/mol. The maximum atomic E-state index is 15.2. The van der Waals surface area contributed by atoms with E-state index in [0.29, 0.717) is 19.3 Å². The van der Waals surface area contributed by atoms with Gasteiger partial charge in [0.25, 0.3) is 0 Å². The van der Waals surface area contributed by atoms with E-state index < -0.39 is 84.6 Å². The van der Waals surface area contributed by atoms with Gasteiger partial charge in [0.2, 0.25) is 0 Å². The van der Waals surface area contributed by atoms with E-state index in [-0.39, 0.29) is 0 Å². The van der Waals surface area contributed by atoms with Gasteiger partial charge < -0.3 is 28.4 Å². The van der Waals surface area contributed by atoms with E-state index in [4.69, 9.17) is 28.4 Å². The van der Waals surface area contributed by atoms with Crippen LogP contribution in [-0.2, 0) is 73.4 Å². The number of rotatable bonds is 6. The predicted octanol–water partition coefficient (Wildman–Crippen LogP) is 5.54. The van der Waals surface area contributed by atoms with Gasteiger partial charge in [0, 0.05) is 0 Å². The molecule has 15 aliphatic rings. The zero-order chi connectivity index (χ0) is 44.4. The van der Waals surface area contributed by atoms with Crippen molar-refractivity contribution in [3.8, 4) is 0 Å². The summed E-state index contributed by atoms with van der Waals surface area (Å²) in [6.45, 7) is 0. The van der Waals surface area contributed by atoms with Crippen LogP contribution in [0.5, 0.6) is 0 Å². The van der Waals surface area contributed by atoms with Gasteiger partial charge >= 0.3 is 35.8 Å². The van der Waals surface area contributed by atoms with E-state index >= 15 is 28.8 Å². The summed E-state index contributed by atoms with van der Waals surface area (Å²) in [6.07, 6.45) is 14.3. The van der Waals surface area contributed by atoms with Gasteiger partial charge in [-0.1, -0.05) is 36.5 Å². The molecule has 0 amide bonds. The minimum absolute atomic E-state index is 0.429. The molecule has 0 aromatic heterocycles. The minimum atomic E-state index is -1.86. The summed E-state index contributed by atoms with van der Waals surface area (Å²) in [7, 11) is 7.95. The Morgan fingerprint density at radius 2 is 0.485 bits per heavy atom. The van der Waals surface area contributed by atoms with Crippen LogP contribution < -0.4 is 0 Å². The van der Waals surface area contributed by atoms with Crippen LogP contribution in [0.2, 0.25) is 0 Å². The Morgan fingerprint density at radius 3 is 0.636 bits per heavy atom. The second kappa shape index (κ2) is 8.13. The van der Waals surface area contributed by atoms with Crippen LogP contribution in [0.4, 0.5) is 0 Å². The number of carbonyl (C=O) groups is 6. The molecule has 0 N–H and O–H groups in total. The van der Waals surface area contributed by atoms with Crippen LogP contribution in [-0.4, -0.2) is 78.5 Å². The fourth-order valence-electron chi connectivity index (χ4n) is 20.6. The highest BCUT2D eigenvalue weighted by atomic mass is 16.6. The van der Waals surface area contributed by atoms with Gasteiger partial charge in [-0.3, -0.25) is 28.8 Å². The zero-order valence-electron chi connectivity index (χ0n) is 36.0. The number of carbonyl (C=O) groups excluding carboxylic acids is 6. The van der Waals surface area contributed by atoms with E-state index in [0.717, 1.165) is 133 Å². The van der Waals surface area contributed by atoms with Gasteiger partial charge in [-0.15, -0.1) is 0 Å². The van der Waals surface area contributed by atoms with Crippen LogP contribution in [0, 0.1) is 32.5 Å². The number of hydrogen-bond acceptors (Lipinski definition) is 12. The molecule has 15 aliphatic carbocycles. The Morgan fingerprint density at radius 1 is 0.318 bits per heavy atom. The van der Waals surface area contributed by atoms with Crippen molar-refractivity contribution in [2.75, 3.05) is 42.7 Å². The smallest absolute Gasteiger partial charge is 0.325 e. The molecule has 0 atom stereocenters. The first kappa shape index (κ1) is 33.4. The Bertz CT molecular complexity index is 3360. The SMILES string of the molecule is COC(=O)C1(C(=O)OC)C23C=C4CC5=CC67C=C8CC9=CC%10%11C=C%12CC(=C2)c2c%12c%12c%13c%14c2C31c1c4c5c2c(c1%14)c1c(c8c9c(c1%13)C%12%10C%11(C(=O)OC)C(=O)OC)C26C7(C(=O)OC)C(=O)OC. The first-order valence-corrected chi connectivity index (χ1v) is 22.5. The summed E-state index contributed by atoms with van der Waals surface area (Å²) in [4.78, 5) is 91.3. The third-order valence-electron chi connectivity index (χ3n) is 21.2. The molecule has 0 unspecified atom stereocenters. The zero-order valence-corrected chi connectivity index (χ0v) is 36.0. The average Bonchev–Trinajstić information content (AvgIpc) is 3.64. The van der Waals surface area contributed by atoms with E-state index in [9.17, 15) is 0 Å². The van der Waals surface area contributed by atoms with Crippen LogP contribution in [0.25, 0.3) is 65.8 Å². The van der Waals surface area contributed by atoms with Crippen LogP contribution in [0.3, 0.4) is 0 Å². The van der Waals surface area contributed by atoms with Gasteiger partial charge in [-0.05, 0) is 152 Å². The van der Waals surface area contributed by atoms with Crippen molar-refractivity contribution in [1.82, 2.24) is 0 Å². The van der Waals surface area contributed by atoms with Gasteiger partial charge in [0.15, 0.2) is 16.2 Å². The lowest BCUT2D eigenvalue weighted by atomic mass is 9.67. The van der Waals surface area contributed by atoms with E-state index in [2.05, 4.69) is 36.5 Å². The molecule has 4 aromatic carbocycles. The molecule has 0 heterocycles. The van der Waals surface area contributed by atoms with Crippen molar-refractivity contribution < 1.29 is 57.2 Å². The number of ether oxygens (including phenoxy) is 6. The summed E-state index contributed by atoms with van der Waals surface area (Å²) in [5, 5.41) is 5.24. The Labute approximate surface area is 371 Å². The largest absolute Gasteiger partial charge is 0.468 e. The molecule has 318 valence electrons. The molecule has 12 heteroatoms. The lowest BCUT2D eigenvalue weighted by Gasteiger charge is -2.34. The molecule has 0 radical (unpaired) electrons. The highest BCUT2D eigenvalue weighted by molar-refractivity contribution is 6.44. The molecular formula is C54H30O12. The Kier molecular flexibility index (Phi) is 4.12. The molecule has 3 fully saturated rings. The van der Waals surface area contributed by atoms with Crippen molar-refractivity contribution in [3.63, 3.8) is 0 Å². The molecule has 0 saturated heterocycles. The minimum Gasteiger partial charge on any atom is -0.468 e. The third-order valence-corrected chi connectivity index (χ3v) is 21.2. The highest BCUT2D eigenvalue weighted by Gasteiger charge is 3.03. The quantitative estimate of drug-likeness (QED) is 0.103. The monoisotopic (exact) mass is 870 g/mol. The first-order chi connectivity index (χ1) is 31.9. The average molecular weight is 871 g/mol. The maximum absolute atomic E-state index is 15.2. The van der Waals surface area contributed by atoms with E-state index in [1.165, 1.54) is 42.7 Å². The first-order valence-electron chi connectivity index (χ1n) is 22.5. The van der Waals surface area contributed by atoms with E-state index in [1.807, 2.05) is 0 Å². The normalized spacial score (nSPS) is 35.4. The lowest BCUT2D eigenvalue weighted by Crippen LogP contribution is -2.37. The molecule has 19 rings (SSSR count). The summed E-state index contributed by atoms with van der Waals surface area (Å²) in [6, 6.07) is 0. The maximum Gasteiger partial charge on any atom is 0.325 e. The second-order valence-electron chi connectivity index (χ2n) is 21.4. The van der Waals surface area contributed by atoms with Crippen molar-refractivity contribution in [3.05, 3.63) is 103 Å². The fraction of sp³-hybridized carbons (Fsp3) is 0.333. The summed E-state index contributed by atoms with van der Waals surface area (Å²) < 4.78 is 34.8. The van der Waals surface area contributed by atoms with Crippen molar-refractivity contribution >= 4 is 102 Å². The number of allylic oxidation sites excluding steroid dienone is 12. The summed E-state index contributed by atoms with van der Waals surface area (Å²) in [5.74, 6) is -4.12. The number of esters is 6. The Hall–Kier alpha value is -7.08. The van der Waals surface area contributed by atoms with Crippen LogP contribution in [0.15, 0.2) is 36.5 Å². The topological polar surface area (TPSA) is 158 Å². The number of benzene rings is 4. The van der Waals surface area contributed by atoms with Crippen LogP contribution >= 0.6 is 0 Å². The van der Waals surface area contributed by atoms with E-state index in [1.54, 1.807) is 0 Å². The van der Waals surface area contributed by atoms with Crippen molar-refractivity contribution in [1.29, 1.82) is 0 Å². The third kappa shape index (κ3) is 1.95. The fourth-order valence-corrected chi connectivity index (χ4v) is 20.6. The molecule has 66 heavy (non-hydrogen) atoms. The highest BCUT2D eigenvalue weighted by Crippen LogP contribution is 2.99. The molecule has 3 saturated carbocycles. The second-order valence-corrected chi connectivity index (χ2v) is 21.4. The molecule has 0 aliphatic heterocycles. The Balaban J connectivity index is 1.17. The van der Waals surface area contributed by atoms with Crippen molar-refractivity contribution in [2.45, 2.75) is 35.5 Å². The lowest BCUT2D eigenvalue weighted by molar-refractivity contribution is -0.165. The van der Waals surface area contributed by atoms with Gasteiger partial charge in [0.1, 0.15) is 0 Å².